The van der Waals surface area contributed by atoms with E-state index < -0.39 is 6.04 Å². The number of fused-ring (bicyclic) bond motifs is 1. The molecule has 3 aliphatic heterocycles. The second-order valence-electron chi connectivity index (χ2n) is 7.83. The third kappa shape index (κ3) is 3.36. The number of rotatable bonds is 5. The number of carbonyl (C=O) groups excluding carboxylic acids is 3. The van der Waals surface area contributed by atoms with Crippen molar-refractivity contribution in [1.82, 2.24) is 15.1 Å². The van der Waals surface area contributed by atoms with Crippen molar-refractivity contribution in [2.45, 2.75) is 37.5 Å². The number of nitrogens with two attached hydrogens (primary N) is 1. The SMILES string of the molecule is COCC1(N)CN(Cc2ccc3c(c2)C(=O)N(C2CCC(=O)NC2=O)C3)C1. The summed E-state index contributed by atoms with van der Waals surface area (Å²) in [6.07, 6.45) is 0.641. The predicted molar refractivity (Wildman–Crippen MR) is 96.6 cm³/mol. The number of hydrogen-bond donors (Lipinski definition) is 2. The van der Waals surface area contributed by atoms with Crippen LogP contribution in [0.2, 0.25) is 0 Å². The summed E-state index contributed by atoms with van der Waals surface area (Å²) < 4.78 is 5.15. The largest absolute Gasteiger partial charge is 0.383 e. The van der Waals surface area contributed by atoms with Crippen LogP contribution in [0.15, 0.2) is 18.2 Å². The molecule has 1 atom stereocenters. The molecule has 8 heteroatoms. The molecule has 0 aromatic heterocycles. The Morgan fingerprint density at radius 1 is 1.30 bits per heavy atom. The molecule has 3 amide bonds. The first-order valence-corrected chi connectivity index (χ1v) is 9.15. The van der Waals surface area contributed by atoms with Gasteiger partial charge in [0.15, 0.2) is 0 Å². The monoisotopic (exact) mass is 372 g/mol. The van der Waals surface area contributed by atoms with Crippen LogP contribution in [0.1, 0.15) is 34.3 Å². The van der Waals surface area contributed by atoms with Crippen molar-refractivity contribution in [2.75, 3.05) is 26.8 Å². The third-order valence-corrected chi connectivity index (χ3v) is 5.51. The van der Waals surface area contributed by atoms with Gasteiger partial charge in [-0.3, -0.25) is 24.6 Å². The Labute approximate surface area is 157 Å². The highest BCUT2D eigenvalue weighted by Crippen LogP contribution is 2.29. The normalized spacial score (nSPS) is 24.6. The molecule has 0 bridgehead atoms. The topological polar surface area (TPSA) is 105 Å². The molecule has 3 heterocycles. The number of amides is 3. The molecular formula is C19H24N4O4. The van der Waals surface area contributed by atoms with E-state index in [4.69, 9.17) is 10.5 Å². The van der Waals surface area contributed by atoms with E-state index in [2.05, 4.69) is 10.2 Å². The fourth-order valence-corrected chi connectivity index (χ4v) is 4.29. The summed E-state index contributed by atoms with van der Waals surface area (Å²) in [6.45, 7) is 3.18. The molecule has 144 valence electrons. The zero-order chi connectivity index (χ0) is 19.2. The van der Waals surface area contributed by atoms with Crippen LogP contribution < -0.4 is 11.1 Å². The van der Waals surface area contributed by atoms with E-state index in [-0.39, 0.29) is 29.7 Å². The molecule has 1 unspecified atom stereocenters. The molecule has 1 aromatic carbocycles. The average molecular weight is 372 g/mol. The lowest BCUT2D eigenvalue weighted by atomic mass is 9.91. The Bertz CT molecular complexity index is 803. The van der Waals surface area contributed by atoms with Crippen molar-refractivity contribution in [3.63, 3.8) is 0 Å². The van der Waals surface area contributed by atoms with Gasteiger partial charge in [0.1, 0.15) is 6.04 Å². The molecule has 3 aliphatic rings. The quantitative estimate of drug-likeness (QED) is 0.682. The molecule has 2 fully saturated rings. The van der Waals surface area contributed by atoms with Crippen LogP contribution in [-0.2, 0) is 27.4 Å². The number of carbonyl (C=O) groups is 3. The molecule has 4 rings (SSSR count). The van der Waals surface area contributed by atoms with Gasteiger partial charge in [-0.1, -0.05) is 12.1 Å². The van der Waals surface area contributed by atoms with Gasteiger partial charge in [-0.15, -0.1) is 0 Å². The van der Waals surface area contributed by atoms with Crippen molar-refractivity contribution < 1.29 is 19.1 Å². The lowest BCUT2D eigenvalue weighted by Gasteiger charge is -2.47. The summed E-state index contributed by atoms with van der Waals surface area (Å²) in [5, 5.41) is 2.32. The predicted octanol–water partition coefficient (Wildman–Crippen LogP) is -0.393. The van der Waals surface area contributed by atoms with Crippen molar-refractivity contribution in [2.24, 2.45) is 5.73 Å². The van der Waals surface area contributed by atoms with Gasteiger partial charge in [0.25, 0.3) is 5.91 Å². The maximum Gasteiger partial charge on any atom is 0.255 e. The Kier molecular flexibility index (Phi) is 4.49. The molecule has 3 N–H and O–H groups in total. The van der Waals surface area contributed by atoms with E-state index in [0.717, 1.165) is 30.8 Å². The van der Waals surface area contributed by atoms with Crippen LogP contribution in [0.3, 0.4) is 0 Å². The van der Waals surface area contributed by atoms with Crippen molar-refractivity contribution in [3.8, 4) is 0 Å². The highest BCUT2D eigenvalue weighted by atomic mass is 16.5. The summed E-state index contributed by atoms with van der Waals surface area (Å²) in [4.78, 5) is 40.1. The molecule has 8 nitrogen and oxygen atoms in total. The fourth-order valence-electron chi connectivity index (χ4n) is 4.29. The number of imide groups is 1. The summed E-state index contributed by atoms with van der Waals surface area (Å²) in [7, 11) is 1.65. The van der Waals surface area contributed by atoms with Gasteiger partial charge < -0.3 is 15.4 Å². The van der Waals surface area contributed by atoms with Gasteiger partial charge in [-0.25, -0.2) is 0 Å². The second kappa shape index (κ2) is 6.70. The number of hydrogen-bond acceptors (Lipinski definition) is 6. The Hall–Kier alpha value is -2.29. The first kappa shape index (κ1) is 18.1. The summed E-state index contributed by atoms with van der Waals surface area (Å²) in [5.41, 5.74) is 8.53. The van der Waals surface area contributed by atoms with E-state index in [0.29, 0.717) is 25.1 Å². The lowest BCUT2D eigenvalue weighted by molar-refractivity contribution is -0.136. The summed E-state index contributed by atoms with van der Waals surface area (Å²) in [6, 6.07) is 5.32. The van der Waals surface area contributed by atoms with E-state index in [9.17, 15) is 14.4 Å². The minimum absolute atomic E-state index is 0.141. The first-order valence-electron chi connectivity index (χ1n) is 9.15. The molecule has 0 spiro atoms. The molecule has 0 aliphatic carbocycles. The minimum Gasteiger partial charge on any atom is -0.383 e. The van der Waals surface area contributed by atoms with E-state index in [1.54, 1.807) is 12.0 Å². The summed E-state index contributed by atoms with van der Waals surface area (Å²) >= 11 is 0. The second-order valence-corrected chi connectivity index (χ2v) is 7.83. The fraction of sp³-hybridized carbons (Fsp3) is 0.526. The van der Waals surface area contributed by atoms with Crippen molar-refractivity contribution in [1.29, 1.82) is 0 Å². The number of nitrogens with one attached hydrogen (secondary N) is 1. The number of benzene rings is 1. The lowest BCUT2D eigenvalue weighted by Crippen LogP contribution is -2.69. The molecule has 2 saturated heterocycles. The highest BCUT2D eigenvalue weighted by molar-refractivity contribution is 6.05. The Balaban J connectivity index is 1.43. The van der Waals surface area contributed by atoms with Gasteiger partial charge in [-0.2, -0.15) is 0 Å². The van der Waals surface area contributed by atoms with E-state index in [1.165, 1.54) is 0 Å². The zero-order valence-electron chi connectivity index (χ0n) is 15.4. The summed E-state index contributed by atoms with van der Waals surface area (Å²) in [5.74, 6) is -0.801. The van der Waals surface area contributed by atoms with Crippen LogP contribution in [0, 0.1) is 0 Å². The molecule has 0 radical (unpaired) electrons. The van der Waals surface area contributed by atoms with Gasteiger partial charge in [-0.05, 0) is 23.6 Å². The molecule has 27 heavy (non-hydrogen) atoms. The van der Waals surface area contributed by atoms with Crippen molar-refractivity contribution >= 4 is 17.7 Å². The molecule has 0 saturated carbocycles. The molecular weight excluding hydrogens is 348 g/mol. The number of ether oxygens (including phenoxy) is 1. The van der Waals surface area contributed by atoms with Gasteiger partial charge >= 0.3 is 0 Å². The Morgan fingerprint density at radius 2 is 2.07 bits per heavy atom. The van der Waals surface area contributed by atoms with Gasteiger partial charge in [0.2, 0.25) is 11.8 Å². The standard InChI is InChI=1S/C19H24N4O4/c1-27-11-19(20)9-22(10-19)7-12-2-3-13-8-23(18(26)14(13)6-12)15-4-5-16(24)21-17(15)25/h2-3,6,15H,4-5,7-11,20H2,1H3,(H,21,24,25). The van der Waals surface area contributed by atoms with Crippen molar-refractivity contribution in [3.05, 3.63) is 34.9 Å². The number of likely N-dealkylation sites (tertiary alicyclic amines) is 1. The van der Waals surface area contributed by atoms with Crippen LogP contribution >= 0.6 is 0 Å². The number of methoxy groups -OCH3 is 1. The average Bonchev–Trinajstić information content (AvgIpc) is 2.90. The maximum absolute atomic E-state index is 12.8. The highest BCUT2D eigenvalue weighted by Gasteiger charge is 2.41. The van der Waals surface area contributed by atoms with Crippen LogP contribution in [0.5, 0.6) is 0 Å². The van der Waals surface area contributed by atoms with E-state index >= 15 is 0 Å². The first-order chi connectivity index (χ1) is 12.9. The Morgan fingerprint density at radius 3 is 2.78 bits per heavy atom. The number of piperidine rings is 1. The number of nitrogens with zero attached hydrogens (tertiary/aromatic N) is 2. The minimum atomic E-state index is -0.576. The van der Waals surface area contributed by atoms with Crippen LogP contribution in [-0.4, -0.2) is 65.9 Å². The van der Waals surface area contributed by atoms with Gasteiger partial charge in [0, 0.05) is 45.3 Å². The van der Waals surface area contributed by atoms with Crippen LogP contribution in [0.25, 0.3) is 0 Å². The molecule has 1 aromatic rings. The third-order valence-electron chi connectivity index (χ3n) is 5.51. The van der Waals surface area contributed by atoms with Gasteiger partial charge in [0.05, 0.1) is 12.1 Å². The zero-order valence-corrected chi connectivity index (χ0v) is 15.4. The smallest absolute Gasteiger partial charge is 0.255 e. The maximum atomic E-state index is 12.8. The van der Waals surface area contributed by atoms with Crippen LogP contribution in [0.4, 0.5) is 0 Å². The van der Waals surface area contributed by atoms with E-state index in [1.807, 2.05) is 18.2 Å².